The summed E-state index contributed by atoms with van der Waals surface area (Å²) in [5.41, 5.74) is 3.66. The molecule has 0 fully saturated rings. The minimum absolute atomic E-state index is 0.189. The molecule has 1 aliphatic heterocycles. The zero-order chi connectivity index (χ0) is 17.6. The van der Waals surface area contributed by atoms with Gasteiger partial charge in [0, 0.05) is 29.0 Å². The molecule has 0 saturated heterocycles. The van der Waals surface area contributed by atoms with E-state index in [1.807, 2.05) is 43.5 Å². The summed E-state index contributed by atoms with van der Waals surface area (Å²) in [6.45, 7) is 5.80. The number of methoxy groups -OCH3 is 1. The lowest BCUT2D eigenvalue weighted by Gasteiger charge is -2.18. The second-order valence-corrected chi connectivity index (χ2v) is 6.21. The molecule has 4 heteroatoms. The lowest BCUT2D eigenvalue weighted by Crippen LogP contribution is -2.06. The van der Waals surface area contributed by atoms with E-state index < -0.39 is 0 Å². The number of carbonyl (C=O) groups excluding carboxylic acids is 1. The standard InChI is InChI=1S/C21H19NO3/c1-4-7-19-17-11-14(21(23)24-3)10-16-15-8-5-6-9-18(15)22(20(16)17)12-13(2)25-19/h4-6,8-12,19H,1,7H2,2-3H3. The van der Waals surface area contributed by atoms with Crippen LogP contribution >= 0.6 is 0 Å². The molecule has 0 aliphatic carbocycles. The number of hydrogen-bond donors (Lipinski definition) is 0. The van der Waals surface area contributed by atoms with Gasteiger partial charge in [0.25, 0.3) is 0 Å². The SMILES string of the molecule is C=CCC1OC(C)=Cn2c3ccccc3c3cc(C(=O)OC)cc1c32. The van der Waals surface area contributed by atoms with Gasteiger partial charge in [-0.15, -0.1) is 6.58 Å². The van der Waals surface area contributed by atoms with Crippen LogP contribution < -0.4 is 0 Å². The van der Waals surface area contributed by atoms with Crippen molar-refractivity contribution in [2.45, 2.75) is 19.4 Å². The van der Waals surface area contributed by atoms with Crippen molar-refractivity contribution in [1.29, 1.82) is 0 Å². The molecular weight excluding hydrogens is 314 g/mol. The number of hydrogen-bond acceptors (Lipinski definition) is 3. The summed E-state index contributed by atoms with van der Waals surface area (Å²) >= 11 is 0. The monoisotopic (exact) mass is 333 g/mol. The summed E-state index contributed by atoms with van der Waals surface area (Å²) in [4.78, 5) is 12.2. The minimum Gasteiger partial charge on any atom is -0.488 e. The van der Waals surface area contributed by atoms with Crippen LogP contribution in [0.15, 0.2) is 54.8 Å². The van der Waals surface area contributed by atoms with E-state index in [4.69, 9.17) is 9.47 Å². The largest absolute Gasteiger partial charge is 0.488 e. The van der Waals surface area contributed by atoms with E-state index in [0.717, 1.165) is 33.1 Å². The van der Waals surface area contributed by atoms with Gasteiger partial charge in [0.1, 0.15) is 11.9 Å². The van der Waals surface area contributed by atoms with Crippen molar-refractivity contribution in [2.75, 3.05) is 7.11 Å². The van der Waals surface area contributed by atoms with Crippen molar-refractivity contribution in [3.63, 3.8) is 0 Å². The van der Waals surface area contributed by atoms with Crippen LogP contribution in [-0.2, 0) is 9.47 Å². The molecule has 126 valence electrons. The number of fused-ring (bicyclic) bond motifs is 3. The summed E-state index contributed by atoms with van der Waals surface area (Å²) in [7, 11) is 1.40. The van der Waals surface area contributed by atoms with Crippen LogP contribution in [0.2, 0.25) is 0 Å². The van der Waals surface area contributed by atoms with Crippen molar-refractivity contribution >= 4 is 34.0 Å². The first-order valence-electron chi connectivity index (χ1n) is 8.25. The fourth-order valence-electron chi connectivity index (χ4n) is 3.60. The van der Waals surface area contributed by atoms with E-state index in [-0.39, 0.29) is 12.1 Å². The molecule has 0 saturated carbocycles. The number of esters is 1. The Morgan fingerprint density at radius 2 is 2.12 bits per heavy atom. The van der Waals surface area contributed by atoms with Gasteiger partial charge >= 0.3 is 5.97 Å². The Balaban J connectivity index is 2.17. The fraction of sp³-hybridized carbons (Fsp3) is 0.190. The third-order valence-corrected chi connectivity index (χ3v) is 4.62. The lowest BCUT2D eigenvalue weighted by molar-refractivity contribution is 0.0600. The van der Waals surface area contributed by atoms with E-state index in [2.05, 4.69) is 23.3 Å². The van der Waals surface area contributed by atoms with Crippen LogP contribution in [0.25, 0.3) is 28.0 Å². The molecule has 4 nitrogen and oxygen atoms in total. The predicted octanol–water partition coefficient (Wildman–Crippen LogP) is 5.05. The first-order valence-corrected chi connectivity index (χ1v) is 8.25. The average Bonchev–Trinajstić information content (AvgIpc) is 2.85. The number of benzene rings is 2. The van der Waals surface area contributed by atoms with Crippen LogP contribution in [0.4, 0.5) is 0 Å². The maximum absolute atomic E-state index is 12.2. The number of allylic oxidation sites excluding steroid dienone is 1. The fourth-order valence-corrected chi connectivity index (χ4v) is 3.60. The number of carbonyl (C=O) groups is 1. The van der Waals surface area contributed by atoms with Gasteiger partial charge in [0.15, 0.2) is 0 Å². The molecule has 0 N–H and O–H groups in total. The molecule has 0 bridgehead atoms. The lowest BCUT2D eigenvalue weighted by atomic mass is 9.99. The molecule has 1 unspecified atom stereocenters. The quantitative estimate of drug-likeness (QED) is 0.497. The summed E-state index contributed by atoms with van der Waals surface area (Å²) in [6.07, 6.45) is 4.32. The van der Waals surface area contributed by atoms with Crippen LogP contribution in [0.1, 0.15) is 35.4 Å². The van der Waals surface area contributed by atoms with E-state index in [1.165, 1.54) is 7.11 Å². The molecule has 3 aromatic rings. The Morgan fingerprint density at radius 3 is 2.88 bits per heavy atom. The topological polar surface area (TPSA) is 40.5 Å². The van der Waals surface area contributed by atoms with Gasteiger partial charge in [0.2, 0.25) is 0 Å². The van der Waals surface area contributed by atoms with Crippen LogP contribution in [0.5, 0.6) is 0 Å². The predicted molar refractivity (Wildman–Crippen MR) is 99.4 cm³/mol. The van der Waals surface area contributed by atoms with Gasteiger partial charge in [-0.3, -0.25) is 0 Å². The number of aromatic nitrogens is 1. The van der Waals surface area contributed by atoms with Gasteiger partial charge in [-0.1, -0.05) is 24.3 Å². The molecule has 4 rings (SSSR count). The molecule has 2 aromatic carbocycles. The summed E-state index contributed by atoms with van der Waals surface area (Å²) in [5, 5.41) is 2.13. The minimum atomic E-state index is -0.346. The summed E-state index contributed by atoms with van der Waals surface area (Å²) in [6, 6.07) is 12.0. The molecule has 0 radical (unpaired) electrons. The van der Waals surface area contributed by atoms with E-state index in [0.29, 0.717) is 12.0 Å². The Labute approximate surface area is 146 Å². The molecule has 1 aliphatic rings. The number of nitrogens with zero attached hydrogens (tertiary/aromatic N) is 1. The first-order chi connectivity index (χ1) is 12.1. The number of ether oxygens (including phenoxy) is 2. The number of para-hydroxylation sites is 1. The normalized spacial score (nSPS) is 16.2. The van der Waals surface area contributed by atoms with Crippen molar-refractivity contribution in [3.8, 4) is 0 Å². The highest BCUT2D eigenvalue weighted by atomic mass is 16.5. The van der Waals surface area contributed by atoms with Crippen molar-refractivity contribution in [3.05, 3.63) is 65.9 Å². The van der Waals surface area contributed by atoms with Crippen molar-refractivity contribution in [1.82, 2.24) is 4.57 Å². The van der Waals surface area contributed by atoms with Gasteiger partial charge < -0.3 is 14.0 Å². The highest BCUT2D eigenvalue weighted by Crippen LogP contribution is 2.40. The molecular formula is C21H19NO3. The van der Waals surface area contributed by atoms with E-state index in [1.54, 1.807) is 0 Å². The zero-order valence-corrected chi connectivity index (χ0v) is 14.3. The third kappa shape index (κ3) is 2.33. The van der Waals surface area contributed by atoms with Gasteiger partial charge in [-0.05, 0) is 25.1 Å². The maximum atomic E-state index is 12.2. The molecule has 1 aromatic heterocycles. The van der Waals surface area contributed by atoms with Crippen LogP contribution in [0.3, 0.4) is 0 Å². The first kappa shape index (κ1) is 15.5. The van der Waals surface area contributed by atoms with Crippen LogP contribution in [0, 0.1) is 0 Å². The molecule has 1 atom stereocenters. The molecule has 25 heavy (non-hydrogen) atoms. The summed E-state index contributed by atoms with van der Waals surface area (Å²) in [5.74, 6) is 0.478. The van der Waals surface area contributed by atoms with E-state index in [9.17, 15) is 4.79 Å². The maximum Gasteiger partial charge on any atom is 0.337 e. The van der Waals surface area contributed by atoms with Gasteiger partial charge in [0.05, 0.1) is 23.7 Å². The highest BCUT2D eigenvalue weighted by molar-refractivity contribution is 6.12. The zero-order valence-electron chi connectivity index (χ0n) is 14.3. The number of rotatable bonds is 3. The van der Waals surface area contributed by atoms with Gasteiger partial charge in [-0.2, -0.15) is 0 Å². The average molecular weight is 333 g/mol. The van der Waals surface area contributed by atoms with Crippen molar-refractivity contribution < 1.29 is 14.3 Å². The Bertz CT molecular complexity index is 1040. The second kappa shape index (κ2) is 5.81. The Hall–Kier alpha value is -3.01. The molecule has 2 heterocycles. The summed E-state index contributed by atoms with van der Waals surface area (Å²) < 4.78 is 13.2. The van der Waals surface area contributed by atoms with Gasteiger partial charge in [-0.25, -0.2) is 4.79 Å². The Morgan fingerprint density at radius 1 is 1.32 bits per heavy atom. The third-order valence-electron chi connectivity index (χ3n) is 4.62. The van der Waals surface area contributed by atoms with E-state index >= 15 is 0 Å². The molecule has 0 amide bonds. The second-order valence-electron chi connectivity index (χ2n) is 6.21. The molecule has 0 spiro atoms. The van der Waals surface area contributed by atoms with Crippen molar-refractivity contribution in [2.24, 2.45) is 0 Å². The Kier molecular flexibility index (Phi) is 3.61. The van der Waals surface area contributed by atoms with Crippen LogP contribution in [-0.4, -0.2) is 17.6 Å². The highest BCUT2D eigenvalue weighted by Gasteiger charge is 2.25. The smallest absolute Gasteiger partial charge is 0.337 e.